The molecule has 0 amide bonds. The molecule has 0 fully saturated rings. The highest BCUT2D eigenvalue weighted by atomic mass is 19.4. The number of benzene rings is 1. The second-order valence-corrected chi connectivity index (χ2v) is 4.00. The molecule has 0 aromatic heterocycles. The first-order valence-electron chi connectivity index (χ1n) is 5.66. The van der Waals surface area contributed by atoms with Gasteiger partial charge in [0.05, 0.1) is 13.1 Å². The number of hydrogen-bond acceptors (Lipinski definition) is 3. The molecule has 4 nitrogen and oxygen atoms in total. The first-order chi connectivity index (χ1) is 9.28. The molecule has 0 unspecified atom stereocenters. The second-order valence-electron chi connectivity index (χ2n) is 4.00. The van der Waals surface area contributed by atoms with Gasteiger partial charge in [-0.05, 0) is 12.1 Å². The average Bonchev–Trinajstić information content (AvgIpc) is 2.28. The standard InChI is InChI=1S/C12H13F4NO3/c13-9-3-1-2-4-10(9)20-6-5-17(7-11(18)19)8-12(14,15)16/h1-4H,5-8H2,(H,18,19). The molecule has 20 heavy (non-hydrogen) atoms. The Kier molecular flexibility index (Phi) is 5.75. The summed E-state index contributed by atoms with van der Waals surface area (Å²) < 4.78 is 54.9. The van der Waals surface area contributed by atoms with Crippen LogP contribution in [0.2, 0.25) is 0 Å². The molecule has 8 heteroatoms. The van der Waals surface area contributed by atoms with E-state index in [1.165, 1.54) is 18.2 Å². The minimum atomic E-state index is -4.51. The number of halogens is 4. The van der Waals surface area contributed by atoms with Gasteiger partial charge >= 0.3 is 12.1 Å². The lowest BCUT2D eigenvalue weighted by molar-refractivity contribution is -0.154. The van der Waals surface area contributed by atoms with Crippen LogP contribution in [-0.2, 0) is 4.79 Å². The Bertz CT molecular complexity index is 451. The molecule has 0 bridgehead atoms. The van der Waals surface area contributed by atoms with Crippen molar-refractivity contribution in [1.82, 2.24) is 4.90 Å². The van der Waals surface area contributed by atoms with E-state index >= 15 is 0 Å². The predicted octanol–water partition coefficient (Wildman–Crippen LogP) is 2.15. The molecule has 0 spiro atoms. The molecular weight excluding hydrogens is 282 g/mol. The van der Waals surface area contributed by atoms with Crippen LogP contribution >= 0.6 is 0 Å². The number of carboxylic acid groups (broad SMARTS) is 1. The molecule has 1 N–H and O–H groups in total. The summed E-state index contributed by atoms with van der Waals surface area (Å²) in [6.45, 7) is -2.65. The summed E-state index contributed by atoms with van der Waals surface area (Å²) in [5, 5.41) is 8.53. The van der Waals surface area contributed by atoms with Crippen LogP contribution in [0.25, 0.3) is 0 Å². The van der Waals surface area contributed by atoms with Crippen molar-refractivity contribution in [3.8, 4) is 5.75 Å². The first-order valence-corrected chi connectivity index (χ1v) is 5.66. The van der Waals surface area contributed by atoms with Crippen molar-refractivity contribution < 1.29 is 32.2 Å². The van der Waals surface area contributed by atoms with Gasteiger partial charge in [-0.25, -0.2) is 4.39 Å². The molecule has 0 aliphatic carbocycles. The van der Waals surface area contributed by atoms with Crippen LogP contribution < -0.4 is 4.74 Å². The van der Waals surface area contributed by atoms with E-state index < -0.39 is 31.1 Å². The summed E-state index contributed by atoms with van der Waals surface area (Å²) in [6, 6.07) is 5.45. The Hall–Kier alpha value is -1.83. The van der Waals surface area contributed by atoms with Gasteiger partial charge in [0, 0.05) is 6.54 Å². The summed E-state index contributed by atoms with van der Waals surface area (Å²) in [5.74, 6) is -2.09. The Morgan fingerprint density at radius 3 is 2.50 bits per heavy atom. The maximum Gasteiger partial charge on any atom is 0.401 e. The molecule has 0 radical (unpaired) electrons. The Morgan fingerprint density at radius 1 is 1.30 bits per heavy atom. The van der Waals surface area contributed by atoms with Crippen LogP contribution in [0.5, 0.6) is 5.75 Å². The molecule has 0 heterocycles. The molecule has 0 saturated carbocycles. The zero-order valence-electron chi connectivity index (χ0n) is 10.4. The number of carboxylic acids is 1. The number of alkyl halides is 3. The van der Waals surface area contributed by atoms with Gasteiger partial charge in [-0.1, -0.05) is 12.1 Å². The maximum absolute atomic E-state index is 13.2. The number of carbonyl (C=O) groups is 1. The molecule has 1 aromatic carbocycles. The normalized spacial score (nSPS) is 11.7. The number of nitrogens with zero attached hydrogens (tertiary/aromatic N) is 1. The third-order valence-corrected chi connectivity index (χ3v) is 2.26. The lowest BCUT2D eigenvalue weighted by Gasteiger charge is -2.21. The topological polar surface area (TPSA) is 49.8 Å². The summed E-state index contributed by atoms with van der Waals surface area (Å²) in [7, 11) is 0. The minimum absolute atomic E-state index is 0.0882. The van der Waals surface area contributed by atoms with E-state index in [-0.39, 0.29) is 18.9 Å². The molecule has 0 aliphatic heterocycles. The molecule has 112 valence electrons. The SMILES string of the molecule is O=C(O)CN(CCOc1ccccc1F)CC(F)(F)F. The lowest BCUT2D eigenvalue weighted by atomic mass is 10.3. The molecule has 0 aliphatic rings. The highest BCUT2D eigenvalue weighted by Crippen LogP contribution is 2.17. The summed E-state index contributed by atoms with van der Waals surface area (Å²) in [4.78, 5) is 11.1. The van der Waals surface area contributed by atoms with Crippen LogP contribution in [0, 0.1) is 5.82 Å². The van der Waals surface area contributed by atoms with E-state index in [0.717, 1.165) is 6.07 Å². The minimum Gasteiger partial charge on any atom is -0.489 e. The van der Waals surface area contributed by atoms with Crippen LogP contribution in [0.15, 0.2) is 24.3 Å². The van der Waals surface area contributed by atoms with Crippen molar-refractivity contribution in [2.75, 3.05) is 26.2 Å². The van der Waals surface area contributed by atoms with Crippen molar-refractivity contribution in [2.24, 2.45) is 0 Å². The van der Waals surface area contributed by atoms with E-state index in [1.54, 1.807) is 0 Å². The van der Waals surface area contributed by atoms with Gasteiger partial charge < -0.3 is 9.84 Å². The zero-order valence-corrected chi connectivity index (χ0v) is 10.4. The Morgan fingerprint density at radius 2 is 1.95 bits per heavy atom. The van der Waals surface area contributed by atoms with Crippen LogP contribution in [0.1, 0.15) is 0 Å². The van der Waals surface area contributed by atoms with Gasteiger partial charge in [-0.15, -0.1) is 0 Å². The average molecular weight is 295 g/mol. The second kappa shape index (κ2) is 7.09. The van der Waals surface area contributed by atoms with Crippen LogP contribution in [-0.4, -0.2) is 48.4 Å². The van der Waals surface area contributed by atoms with Gasteiger partial charge in [0.1, 0.15) is 6.61 Å². The number of rotatable bonds is 7. The summed E-state index contributed by atoms with van der Waals surface area (Å²) >= 11 is 0. The molecule has 0 saturated heterocycles. The molecular formula is C12H13F4NO3. The monoisotopic (exact) mass is 295 g/mol. The van der Waals surface area contributed by atoms with E-state index in [1.807, 2.05) is 0 Å². The van der Waals surface area contributed by atoms with Gasteiger partial charge in [-0.2, -0.15) is 13.2 Å². The highest BCUT2D eigenvalue weighted by Gasteiger charge is 2.31. The number of aliphatic carboxylic acids is 1. The van der Waals surface area contributed by atoms with Crippen molar-refractivity contribution in [3.05, 3.63) is 30.1 Å². The van der Waals surface area contributed by atoms with E-state index in [0.29, 0.717) is 4.90 Å². The largest absolute Gasteiger partial charge is 0.489 e. The first kappa shape index (κ1) is 16.2. The number of hydrogen-bond donors (Lipinski definition) is 1. The van der Waals surface area contributed by atoms with E-state index in [9.17, 15) is 22.4 Å². The summed E-state index contributed by atoms with van der Waals surface area (Å²) in [6.07, 6.45) is -4.51. The lowest BCUT2D eigenvalue weighted by Crippen LogP contribution is -2.40. The molecule has 0 atom stereocenters. The smallest absolute Gasteiger partial charge is 0.401 e. The van der Waals surface area contributed by atoms with Gasteiger partial charge in [0.2, 0.25) is 0 Å². The van der Waals surface area contributed by atoms with Gasteiger partial charge in [0.15, 0.2) is 11.6 Å². The third-order valence-electron chi connectivity index (χ3n) is 2.26. The number of para-hydroxylation sites is 1. The maximum atomic E-state index is 13.2. The van der Waals surface area contributed by atoms with Crippen molar-refractivity contribution in [3.63, 3.8) is 0 Å². The quantitative estimate of drug-likeness (QED) is 0.783. The van der Waals surface area contributed by atoms with E-state index in [4.69, 9.17) is 9.84 Å². The van der Waals surface area contributed by atoms with Gasteiger partial charge in [-0.3, -0.25) is 9.69 Å². The van der Waals surface area contributed by atoms with E-state index in [2.05, 4.69) is 0 Å². The van der Waals surface area contributed by atoms with Crippen LogP contribution in [0.4, 0.5) is 17.6 Å². The Labute approximate surface area is 112 Å². The van der Waals surface area contributed by atoms with Crippen molar-refractivity contribution in [1.29, 1.82) is 0 Å². The van der Waals surface area contributed by atoms with Crippen molar-refractivity contribution >= 4 is 5.97 Å². The number of ether oxygens (including phenoxy) is 1. The molecule has 1 rings (SSSR count). The Balaban J connectivity index is 2.50. The fourth-order valence-electron chi connectivity index (χ4n) is 1.51. The van der Waals surface area contributed by atoms with Gasteiger partial charge in [0.25, 0.3) is 0 Å². The fraction of sp³-hybridized carbons (Fsp3) is 0.417. The predicted molar refractivity (Wildman–Crippen MR) is 62.0 cm³/mol. The third kappa shape index (κ3) is 6.37. The highest BCUT2D eigenvalue weighted by molar-refractivity contribution is 5.69. The molecule has 1 aromatic rings. The fourth-order valence-corrected chi connectivity index (χ4v) is 1.51. The zero-order chi connectivity index (χ0) is 15.2. The van der Waals surface area contributed by atoms with Crippen molar-refractivity contribution in [2.45, 2.75) is 6.18 Å². The van der Waals surface area contributed by atoms with Crippen LogP contribution in [0.3, 0.4) is 0 Å². The summed E-state index contributed by atoms with van der Waals surface area (Å²) in [5.41, 5.74) is 0.